The molecule has 0 radical (unpaired) electrons. The lowest BCUT2D eigenvalue weighted by molar-refractivity contribution is -0.116. The minimum atomic E-state index is -0.264. The summed E-state index contributed by atoms with van der Waals surface area (Å²) >= 11 is 0. The molecule has 26 heavy (non-hydrogen) atoms. The van der Waals surface area contributed by atoms with Gasteiger partial charge in [0.05, 0.1) is 11.7 Å². The first kappa shape index (κ1) is 19.4. The predicted molar refractivity (Wildman–Crippen MR) is 103 cm³/mol. The number of carbonyl (C=O) groups excluding carboxylic acids is 2. The fraction of sp³-hybridized carbons (Fsp3) is 0.350. The summed E-state index contributed by atoms with van der Waals surface area (Å²) in [7, 11) is 1.74. The maximum atomic E-state index is 12.8. The summed E-state index contributed by atoms with van der Waals surface area (Å²) in [5.41, 5.74) is 1.93. The molecule has 0 aliphatic carbocycles. The van der Waals surface area contributed by atoms with E-state index in [4.69, 9.17) is 0 Å². The molecule has 0 spiro atoms. The Kier molecular flexibility index (Phi) is 5.97. The van der Waals surface area contributed by atoms with Gasteiger partial charge < -0.3 is 10.6 Å². The summed E-state index contributed by atoms with van der Waals surface area (Å²) in [5.74, 6) is -0.490. The molecule has 0 aliphatic rings. The maximum absolute atomic E-state index is 12.8. The second-order valence-electron chi connectivity index (χ2n) is 7.25. The summed E-state index contributed by atoms with van der Waals surface area (Å²) in [6.45, 7) is 9.80. The molecule has 0 saturated carbocycles. The van der Waals surface area contributed by atoms with Crippen molar-refractivity contribution in [3.63, 3.8) is 0 Å². The fourth-order valence-corrected chi connectivity index (χ4v) is 2.51. The first-order chi connectivity index (χ1) is 12.2. The van der Waals surface area contributed by atoms with Crippen LogP contribution in [-0.4, -0.2) is 34.2 Å². The van der Waals surface area contributed by atoms with Crippen LogP contribution in [0.2, 0.25) is 0 Å². The molecule has 6 nitrogen and oxygen atoms in total. The molecule has 1 aromatic carbocycles. The van der Waals surface area contributed by atoms with Crippen molar-refractivity contribution in [3.8, 4) is 11.3 Å². The molecule has 1 unspecified atom stereocenters. The Balaban J connectivity index is 2.17. The molecule has 0 saturated heterocycles. The van der Waals surface area contributed by atoms with Crippen LogP contribution in [0, 0.1) is 5.41 Å². The number of amides is 2. The Morgan fingerprint density at radius 3 is 2.50 bits per heavy atom. The van der Waals surface area contributed by atoms with Gasteiger partial charge in [0.2, 0.25) is 5.91 Å². The third-order valence-electron chi connectivity index (χ3n) is 4.20. The van der Waals surface area contributed by atoms with Gasteiger partial charge in [-0.1, -0.05) is 57.7 Å². The van der Waals surface area contributed by atoms with E-state index in [1.165, 1.54) is 6.08 Å². The van der Waals surface area contributed by atoms with Crippen LogP contribution in [-0.2, 0) is 11.8 Å². The highest BCUT2D eigenvalue weighted by molar-refractivity contribution is 5.94. The highest BCUT2D eigenvalue weighted by Gasteiger charge is 2.28. The van der Waals surface area contributed by atoms with E-state index >= 15 is 0 Å². The second kappa shape index (κ2) is 7.99. The number of hydrogen-bond acceptors (Lipinski definition) is 3. The molecule has 0 fully saturated rings. The molecule has 138 valence electrons. The predicted octanol–water partition coefficient (Wildman–Crippen LogP) is 2.53. The number of nitrogens with zero attached hydrogens (tertiary/aromatic N) is 2. The fourth-order valence-electron chi connectivity index (χ4n) is 2.51. The quantitative estimate of drug-likeness (QED) is 0.783. The average molecular weight is 354 g/mol. The number of hydrogen-bond donors (Lipinski definition) is 2. The van der Waals surface area contributed by atoms with E-state index in [2.05, 4.69) is 22.3 Å². The standard InChI is InChI=1S/C20H26N4O2/c1-6-18(25)21-13-17(20(2,3)4)22-19(26)16-12-15(23-24(16)5)14-10-8-7-9-11-14/h6-12,17H,1,13H2,2-5H3,(H,21,25)(H,22,26). The second-order valence-corrected chi connectivity index (χ2v) is 7.25. The summed E-state index contributed by atoms with van der Waals surface area (Å²) in [6.07, 6.45) is 1.22. The van der Waals surface area contributed by atoms with Gasteiger partial charge in [0, 0.05) is 19.2 Å². The smallest absolute Gasteiger partial charge is 0.269 e. The van der Waals surface area contributed by atoms with Gasteiger partial charge in [-0.3, -0.25) is 14.3 Å². The van der Waals surface area contributed by atoms with Crippen LogP contribution in [0.25, 0.3) is 11.3 Å². The molecule has 2 amide bonds. The van der Waals surface area contributed by atoms with Crippen LogP contribution in [0.5, 0.6) is 0 Å². The SMILES string of the molecule is C=CC(=O)NCC(NC(=O)c1cc(-c2ccccc2)nn1C)C(C)(C)C. The zero-order valence-corrected chi connectivity index (χ0v) is 15.7. The van der Waals surface area contributed by atoms with Gasteiger partial charge >= 0.3 is 0 Å². The Bertz CT molecular complexity index is 788. The van der Waals surface area contributed by atoms with Gasteiger partial charge in [0.25, 0.3) is 5.91 Å². The van der Waals surface area contributed by atoms with Crippen LogP contribution in [0.1, 0.15) is 31.3 Å². The lowest BCUT2D eigenvalue weighted by atomic mass is 9.86. The number of carbonyl (C=O) groups is 2. The molecular formula is C20H26N4O2. The lowest BCUT2D eigenvalue weighted by Gasteiger charge is -2.31. The van der Waals surface area contributed by atoms with Crippen molar-refractivity contribution < 1.29 is 9.59 Å². The number of nitrogens with one attached hydrogen (secondary N) is 2. The number of benzene rings is 1. The summed E-state index contributed by atoms with van der Waals surface area (Å²) in [5, 5.41) is 10.2. The van der Waals surface area contributed by atoms with Crippen molar-refractivity contribution in [2.75, 3.05) is 6.54 Å². The summed E-state index contributed by atoms with van der Waals surface area (Å²) in [6, 6.07) is 11.2. The van der Waals surface area contributed by atoms with Gasteiger partial charge in [-0.15, -0.1) is 0 Å². The van der Waals surface area contributed by atoms with Crippen LogP contribution in [0.3, 0.4) is 0 Å². The summed E-state index contributed by atoms with van der Waals surface area (Å²) < 4.78 is 1.57. The third-order valence-corrected chi connectivity index (χ3v) is 4.20. The monoisotopic (exact) mass is 354 g/mol. The highest BCUT2D eigenvalue weighted by Crippen LogP contribution is 2.21. The Hall–Kier alpha value is -2.89. The number of rotatable bonds is 6. The molecule has 1 aromatic heterocycles. The zero-order chi connectivity index (χ0) is 19.3. The van der Waals surface area contributed by atoms with Crippen molar-refractivity contribution in [3.05, 3.63) is 54.7 Å². The molecule has 1 atom stereocenters. The topological polar surface area (TPSA) is 76.0 Å². The molecule has 0 aliphatic heterocycles. The summed E-state index contributed by atoms with van der Waals surface area (Å²) in [4.78, 5) is 24.2. The van der Waals surface area contributed by atoms with Crippen molar-refractivity contribution in [2.45, 2.75) is 26.8 Å². The first-order valence-electron chi connectivity index (χ1n) is 8.53. The van der Waals surface area contributed by atoms with Crippen LogP contribution < -0.4 is 10.6 Å². The van der Waals surface area contributed by atoms with E-state index in [0.717, 1.165) is 11.3 Å². The minimum Gasteiger partial charge on any atom is -0.350 e. The molecule has 2 N–H and O–H groups in total. The molecule has 2 aromatic rings. The minimum absolute atomic E-state index is 0.227. The molecule has 6 heteroatoms. The molecule has 1 heterocycles. The largest absolute Gasteiger partial charge is 0.350 e. The zero-order valence-electron chi connectivity index (χ0n) is 15.7. The van der Waals surface area contributed by atoms with Crippen LogP contribution in [0.4, 0.5) is 0 Å². The van der Waals surface area contributed by atoms with E-state index in [9.17, 15) is 9.59 Å². The highest BCUT2D eigenvalue weighted by atomic mass is 16.2. The van der Waals surface area contributed by atoms with E-state index in [1.54, 1.807) is 17.8 Å². The maximum Gasteiger partial charge on any atom is 0.269 e. The third kappa shape index (κ3) is 4.81. The first-order valence-corrected chi connectivity index (χ1v) is 8.53. The lowest BCUT2D eigenvalue weighted by Crippen LogP contribution is -2.50. The van der Waals surface area contributed by atoms with Crippen LogP contribution >= 0.6 is 0 Å². The molecule has 2 rings (SSSR count). The van der Waals surface area contributed by atoms with Crippen LogP contribution in [0.15, 0.2) is 49.1 Å². The Labute approximate surface area is 154 Å². The number of aromatic nitrogens is 2. The van der Waals surface area contributed by atoms with Crippen molar-refractivity contribution in [2.24, 2.45) is 12.5 Å². The normalized spacial score (nSPS) is 12.3. The van der Waals surface area contributed by atoms with Gasteiger partial charge in [0.15, 0.2) is 0 Å². The van der Waals surface area contributed by atoms with E-state index in [0.29, 0.717) is 12.2 Å². The van der Waals surface area contributed by atoms with E-state index in [1.807, 2.05) is 51.1 Å². The van der Waals surface area contributed by atoms with Gasteiger partial charge in [-0.25, -0.2) is 0 Å². The molecular weight excluding hydrogens is 328 g/mol. The molecule has 0 bridgehead atoms. The van der Waals surface area contributed by atoms with E-state index < -0.39 is 0 Å². The Morgan fingerprint density at radius 1 is 1.27 bits per heavy atom. The van der Waals surface area contributed by atoms with Gasteiger partial charge in [-0.05, 0) is 17.6 Å². The number of aryl methyl sites for hydroxylation is 1. The van der Waals surface area contributed by atoms with E-state index in [-0.39, 0.29) is 23.3 Å². The van der Waals surface area contributed by atoms with Crippen molar-refractivity contribution in [1.82, 2.24) is 20.4 Å². The van der Waals surface area contributed by atoms with Gasteiger partial charge in [-0.2, -0.15) is 5.10 Å². The van der Waals surface area contributed by atoms with Crippen molar-refractivity contribution in [1.29, 1.82) is 0 Å². The Morgan fingerprint density at radius 2 is 1.92 bits per heavy atom. The van der Waals surface area contributed by atoms with Gasteiger partial charge in [0.1, 0.15) is 5.69 Å². The van der Waals surface area contributed by atoms with Crippen molar-refractivity contribution >= 4 is 11.8 Å². The average Bonchev–Trinajstić information content (AvgIpc) is 2.99.